The Morgan fingerprint density at radius 2 is 1.91 bits per heavy atom. The summed E-state index contributed by atoms with van der Waals surface area (Å²) < 4.78 is 10.9. The van der Waals surface area contributed by atoms with Gasteiger partial charge in [-0.2, -0.15) is 0 Å². The van der Waals surface area contributed by atoms with E-state index >= 15 is 0 Å². The molecule has 4 heteroatoms. The van der Waals surface area contributed by atoms with E-state index in [9.17, 15) is 4.79 Å². The second kappa shape index (κ2) is 7.45. The van der Waals surface area contributed by atoms with Crippen LogP contribution in [-0.2, 0) is 10.2 Å². The number of aryl methyl sites for hydroxylation is 1. The van der Waals surface area contributed by atoms with E-state index in [-0.39, 0.29) is 11.2 Å². The number of methoxy groups -OCH3 is 1. The van der Waals surface area contributed by atoms with Crippen molar-refractivity contribution in [3.05, 3.63) is 28.8 Å². The highest BCUT2D eigenvalue weighted by molar-refractivity contribution is 5.98. The molecule has 1 aliphatic heterocycles. The van der Waals surface area contributed by atoms with E-state index in [1.54, 1.807) is 7.11 Å². The van der Waals surface area contributed by atoms with E-state index in [4.69, 9.17) is 9.47 Å². The minimum Gasteiger partial charge on any atom is -0.496 e. The van der Waals surface area contributed by atoms with Gasteiger partial charge in [0.2, 0.25) is 0 Å². The van der Waals surface area contributed by atoms with Gasteiger partial charge in [0.05, 0.1) is 20.3 Å². The van der Waals surface area contributed by atoms with Crippen LogP contribution in [0.5, 0.6) is 5.75 Å². The zero-order chi connectivity index (χ0) is 17.0. The number of hydrogen-bond acceptors (Lipinski definition) is 4. The van der Waals surface area contributed by atoms with Gasteiger partial charge in [-0.25, -0.2) is 0 Å². The molecule has 0 amide bonds. The van der Waals surface area contributed by atoms with Crippen molar-refractivity contribution in [3.63, 3.8) is 0 Å². The van der Waals surface area contributed by atoms with Gasteiger partial charge in [-0.15, -0.1) is 0 Å². The molecular formula is C19H29NO3. The lowest BCUT2D eigenvalue weighted by molar-refractivity contribution is 0.0370. The van der Waals surface area contributed by atoms with Crippen molar-refractivity contribution in [1.29, 1.82) is 0 Å². The molecule has 4 nitrogen and oxygen atoms in total. The minimum absolute atomic E-state index is 0.0573. The van der Waals surface area contributed by atoms with Crippen LogP contribution < -0.4 is 4.74 Å². The van der Waals surface area contributed by atoms with Gasteiger partial charge in [-0.3, -0.25) is 9.69 Å². The number of ether oxygens (including phenoxy) is 2. The molecule has 0 aliphatic carbocycles. The molecule has 0 saturated carbocycles. The van der Waals surface area contributed by atoms with Crippen molar-refractivity contribution >= 4 is 5.78 Å². The summed E-state index contributed by atoms with van der Waals surface area (Å²) in [6.45, 7) is 12.6. The number of benzene rings is 1. The van der Waals surface area contributed by atoms with Crippen molar-refractivity contribution in [2.75, 3.05) is 40.0 Å². The third-order valence-electron chi connectivity index (χ3n) is 4.41. The summed E-state index contributed by atoms with van der Waals surface area (Å²) in [4.78, 5) is 15.0. The molecule has 0 unspecified atom stereocenters. The number of nitrogens with zero attached hydrogens (tertiary/aromatic N) is 1. The van der Waals surface area contributed by atoms with Crippen LogP contribution in [0.25, 0.3) is 0 Å². The number of morpholine rings is 1. The van der Waals surface area contributed by atoms with Gasteiger partial charge in [0, 0.05) is 37.2 Å². The molecule has 0 spiro atoms. The second-order valence-corrected chi connectivity index (χ2v) is 7.24. The molecule has 1 fully saturated rings. The Kier molecular flexibility index (Phi) is 5.82. The number of carbonyl (C=O) groups excluding carboxylic acids is 1. The maximum Gasteiger partial charge on any atom is 0.164 e. The fourth-order valence-electron chi connectivity index (χ4n) is 2.96. The maximum absolute atomic E-state index is 12.7. The summed E-state index contributed by atoms with van der Waals surface area (Å²) in [6.07, 6.45) is 0.552. The molecule has 0 N–H and O–H groups in total. The predicted octanol–water partition coefficient (Wildman–Crippen LogP) is 3.21. The van der Waals surface area contributed by atoms with Crippen LogP contribution in [0, 0.1) is 6.92 Å². The first-order valence-electron chi connectivity index (χ1n) is 8.35. The molecule has 23 heavy (non-hydrogen) atoms. The highest BCUT2D eigenvalue weighted by atomic mass is 16.5. The Hall–Kier alpha value is -1.39. The zero-order valence-electron chi connectivity index (χ0n) is 15.1. The Morgan fingerprint density at radius 3 is 2.48 bits per heavy atom. The average Bonchev–Trinajstić information content (AvgIpc) is 2.52. The highest BCUT2D eigenvalue weighted by Crippen LogP contribution is 2.34. The molecule has 0 aromatic heterocycles. The van der Waals surface area contributed by atoms with Crippen LogP contribution in [0.2, 0.25) is 0 Å². The van der Waals surface area contributed by atoms with Crippen LogP contribution in [0.1, 0.15) is 48.7 Å². The van der Waals surface area contributed by atoms with Gasteiger partial charge in [-0.1, -0.05) is 20.8 Å². The predicted molar refractivity (Wildman–Crippen MR) is 92.6 cm³/mol. The Labute approximate surface area is 139 Å². The van der Waals surface area contributed by atoms with E-state index in [2.05, 4.69) is 25.7 Å². The monoisotopic (exact) mass is 319 g/mol. The Bertz CT molecular complexity index is 554. The summed E-state index contributed by atoms with van der Waals surface area (Å²) in [5.74, 6) is 1.07. The number of hydrogen-bond donors (Lipinski definition) is 0. The van der Waals surface area contributed by atoms with Crippen molar-refractivity contribution < 1.29 is 14.3 Å². The first-order valence-corrected chi connectivity index (χ1v) is 8.35. The molecule has 0 radical (unpaired) electrons. The van der Waals surface area contributed by atoms with Crippen LogP contribution in [0.3, 0.4) is 0 Å². The molecule has 1 saturated heterocycles. The van der Waals surface area contributed by atoms with Gasteiger partial charge in [0.25, 0.3) is 0 Å². The molecule has 0 bridgehead atoms. The summed E-state index contributed by atoms with van der Waals surface area (Å²) in [5.41, 5.74) is 2.84. The van der Waals surface area contributed by atoms with Crippen LogP contribution in [0.15, 0.2) is 12.1 Å². The lowest BCUT2D eigenvalue weighted by atomic mass is 9.83. The van der Waals surface area contributed by atoms with E-state index in [1.807, 2.05) is 19.1 Å². The van der Waals surface area contributed by atoms with Gasteiger partial charge >= 0.3 is 0 Å². The van der Waals surface area contributed by atoms with Crippen LogP contribution in [0.4, 0.5) is 0 Å². The SMILES string of the molecule is COc1cc(C)c(C(=O)CCN2CCOCC2)cc1C(C)(C)C. The van der Waals surface area contributed by atoms with Crippen LogP contribution >= 0.6 is 0 Å². The lowest BCUT2D eigenvalue weighted by Gasteiger charge is -2.26. The van der Waals surface area contributed by atoms with E-state index in [1.165, 1.54) is 0 Å². The average molecular weight is 319 g/mol. The summed E-state index contributed by atoms with van der Waals surface area (Å²) in [7, 11) is 1.68. The first kappa shape index (κ1) is 18.0. The molecular weight excluding hydrogens is 290 g/mol. The summed E-state index contributed by atoms with van der Waals surface area (Å²) in [5, 5.41) is 0. The molecule has 1 aliphatic rings. The molecule has 0 atom stereocenters. The fourth-order valence-corrected chi connectivity index (χ4v) is 2.96. The maximum atomic E-state index is 12.7. The highest BCUT2D eigenvalue weighted by Gasteiger charge is 2.23. The van der Waals surface area contributed by atoms with E-state index in [0.29, 0.717) is 6.42 Å². The van der Waals surface area contributed by atoms with Gasteiger partial charge in [0.15, 0.2) is 5.78 Å². The Morgan fingerprint density at radius 1 is 1.26 bits per heavy atom. The Balaban J connectivity index is 2.15. The van der Waals surface area contributed by atoms with Crippen molar-refractivity contribution in [1.82, 2.24) is 4.90 Å². The molecule has 128 valence electrons. The number of ketones is 1. The summed E-state index contributed by atoms with van der Waals surface area (Å²) in [6, 6.07) is 4.01. The van der Waals surface area contributed by atoms with Crippen molar-refractivity contribution in [2.24, 2.45) is 0 Å². The molecule has 1 heterocycles. The first-order chi connectivity index (χ1) is 10.8. The number of Topliss-reactive ketones (excluding diaryl/α,β-unsaturated/α-hetero) is 1. The van der Waals surface area contributed by atoms with Gasteiger partial charge < -0.3 is 9.47 Å². The number of carbonyl (C=O) groups is 1. The standard InChI is InChI=1S/C19H29NO3/c1-14-12-18(22-5)16(19(2,3)4)13-15(14)17(21)6-7-20-8-10-23-11-9-20/h12-13H,6-11H2,1-5H3. The van der Waals surface area contributed by atoms with Crippen molar-refractivity contribution in [3.8, 4) is 5.75 Å². The fraction of sp³-hybridized carbons (Fsp3) is 0.632. The largest absolute Gasteiger partial charge is 0.496 e. The van der Waals surface area contributed by atoms with Crippen molar-refractivity contribution in [2.45, 2.75) is 39.5 Å². The minimum atomic E-state index is -0.0573. The third kappa shape index (κ3) is 4.55. The second-order valence-electron chi connectivity index (χ2n) is 7.24. The van der Waals surface area contributed by atoms with Gasteiger partial charge in [0.1, 0.15) is 5.75 Å². The summed E-state index contributed by atoms with van der Waals surface area (Å²) >= 11 is 0. The molecule has 1 aromatic carbocycles. The smallest absolute Gasteiger partial charge is 0.164 e. The number of rotatable bonds is 5. The molecule has 1 aromatic rings. The molecule has 2 rings (SSSR count). The van der Waals surface area contributed by atoms with E-state index < -0.39 is 0 Å². The zero-order valence-corrected chi connectivity index (χ0v) is 15.1. The lowest BCUT2D eigenvalue weighted by Crippen LogP contribution is -2.37. The quantitative estimate of drug-likeness (QED) is 0.781. The van der Waals surface area contributed by atoms with E-state index in [0.717, 1.165) is 55.3 Å². The van der Waals surface area contributed by atoms with Crippen LogP contribution in [-0.4, -0.2) is 50.6 Å². The topological polar surface area (TPSA) is 38.8 Å². The normalized spacial score (nSPS) is 16.4. The van der Waals surface area contributed by atoms with Gasteiger partial charge in [-0.05, 0) is 30.0 Å². The third-order valence-corrected chi connectivity index (χ3v) is 4.41.